The van der Waals surface area contributed by atoms with Crippen LogP contribution >= 0.6 is 11.8 Å². The Morgan fingerprint density at radius 2 is 2.00 bits per heavy atom. The number of H-pyrrole nitrogens is 1. The van der Waals surface area contributed by atoms with Gasteiger partial charge in [0.05, 0.1) is 13.0 Å². The van der Waals surface area contributed by atoms with Gasteiger partial charge in [0.1, 0.15) is 0 Å². The molecule has 0 amide bonds. The predicted octanol–water partition coefficient (Wildman–Crippen LogP) is 1.44. The van der Waals surface area contributed by atoms with Crippen molar-refractivity contribution < 1.29 is 9.53 Å². The minimum atomic E-state index is -0.260. The molecule has 18 heavy (non-hydrogen) atoms. The highest BCUT2D eigenvalue weighted by molar-refractivity contribution is 7.99. The average molecular weight is 273 g/mol. The topological polar surface area (TPSA) is 77.0 Å². The lowest BCUT2D eigenvalue weighted by Crippen LogP contribution is -2.24. The smallest absolute Gasteiger partial charge is 0.344 e. The third-order valence-corrected chi connectivity index (χ3v) is 4.04. The molecule has 1 aromatic rings. The molecule has 1 heterocycles. The fourth-order valence-electron chi connectivity index (χ4n) is 1.47. The molecule has 1 aromatic heterocycles. The van der Waals surface area contributed by atoms with Gasteiger partial charge in [0.25, 0.3) is 0 Å². The predicted molar refractivity (Wildman–Crippen MR) is 69.7 cm³/mol. The summed E-state index contributed by atoms with van der Waals surface area (Å²) in [6.45, 7) is 7.54. The highest BCUT2D eigenvalue weighted by atomic mass is 32.2. The van der Waals surface area contributed by atoms with Crippen molar-refractivity contribution >= 4 is 17.7 Å². The van der Waals surface area contributed by atoms with Crippen molar-refractivity contribution in [2.24, 2.45) is 5.92 Å². The molecule has 0 saturated heterocycles. The molecule has 2 unspecified atom stereocenters. The average Bonchev–Trinajstić information content (AvgIpc) is 2.68. The van der Waals surface area contributed by atoms with E-state index in [0.29, 0.717) is 5.16 Å². The molecule has 1 rings (SSSR count). The van der Waals surface area contributed by atoms with Gasteiger partial charge in [-0.25, -0.2) is 9.89 Å². The standard InChI is InChI=1S/C11H19N3O3S/c1-6(2)14-10(16)12-13-11(14)18-8(4)7(3)9(15)17-5/h6-8H,1-5H3,(H,12,16). The SMILES string of the molecule is COC(=O)C(C)C(C)Sc1n[nH]c(=O)n1C(C)C. The van der Waals surface area contributed by atoms with Crippen LogP contribution in [-0.4, -0.2) is 33.1 Å². The van der Waals surface area contributed by atoms with Gasteiger partial charge in [0, 0.05) is 11.3 Å². The maximum Gasteiger partial charge on any atom is 0.344 e. The fraction of sp³-hybridized carbons (Fsp3) is 0.727. The lowest BCUT2D eigenvalue weighted by Gasteiger charge is -2.17. The van der Waals surface area contributed by atoms with E-state index in [1.54, 1.807) is 11.5 Å². The molecular formula is C11H19N3O3S. The Labute approximate surface area is 110 Å². The summed E-state index contributed by atoms with van der Waals surface area (Å²) in [6.07, 6.45) is 0. The van der Waals surface area contributed by atoms with Gasteiger partial charge in [0.15, 0.2) is 5.16 Å². The van der Waals surface area contributed by atoms with E-state index < -0.39 is 0 Å². The van der Waals surface area contributed by atoms with Crippen LogP contribution in [0.15, 0.2) is 9.95 Å². The van der Waals surface area contributed by atoms with E-state index >= 15 is 0 Å². The van der Waals surface area contributed by atoms with Crippen molar-refractivity contribution in [3.05, 3.63) is 10.5 Å². The van der Waals surface area contributed by atoms with Gasteiger partial charge in [-0.3, -0.25) is 9.36 Å². The zero-order chi connectivity index (χ0) is 13.9. The van der Waals surface area contributed by atoms with Crippen LogP contribution in [0.3, 0.4) is 0 Å². The van der Waals surface area contributed by atoms with Crippen LogP contribution in [0, 0.1) is 5.92 Å². The number of hydrogen-bond donors (Lipinski definition) is 1. The Hall–Kier alpha value is -1.24. The van der Waals surface area contributed by atoms with Crippen LogP contribution in [0.2, 0.25) is 0 Å². The molecule has 6 nitrogen and oxygen atoms in total. The van der Waals surface area contributed by atoms with E-state index in [2.05, 4.69) is 10.2 Å². The van der Waals surface area contributed by atoms with Crippen molar-refractivity contribution in [3.8, 4) is 0 Å². The maximum absolute atomic E-state index is 11.6. The summed E-state index contributed by atoms with van der Waals surface area (Å²) in [4.78, 5) is 23.0. The minimum absolute atomic E-state index is 0.0230. The lowest BCUT2D eigenvalue weighted by molar-refractivity contribution is -0.144. The number of methoxy groups -OCH3 is 1. The molecule has 0 aliphatic heterocycles. The van der Waals surface area contributed by atoms with E-state index in [-0.39, 0.29) is 28.9 Å². The second-order valence-electron chi connectivity index (χ2n) is 4.41. The van der Waals surface area contributed by atoms with Crippen molar-refractivity contribution in [1.82, 2.24) is 14.8 Å². The summed E-state index contributed by atoms with van der Waals surface area (Å²) in [5.41, 5.74) is -0.231. The van der Waals surface area contributed by atoms with E-state index in [1.165, 1.54) is 18.9 Å². The van der Waals surface area contributed by atoms with Crippen molar-refractivity contribution in [1.29, 1.82) is 0 Å². The lowest BCUT2D eigenvalue weighted by atomic mass is 10.1. The van der Waals surface area contributed by atoms with Gasteiger partial charge in [-0.1, -0.05) is 25.6 Å². The first-order valence-electron chi connectivity index (χ1n) is 5.79. The largest absolute Gasteiger partial charge is 0.469 e. The molecule has 0 aromatic carbocycles. The molecule has 0 aliphatic carbocycles. The number of aromatic amines is 1. The van der Waals surface area contributed by atoms with Crippen LogP contribution in [0.1, 0.15) is 33.7 Å². The molecule has 0 bridgehead atoms. The molecule has 2 atom stereocenters. The number of carbonyl (C=O) groups is 1. The summed E-state index contributed by atoms with van der Waals surface area (Å²) in [7, 11) is 1.37. The quantitative estimate of drug-likeness (QED) is 0.649. The Balaban J connectivity index is 2.85. The summed E-state index contributed by atoms with van der Waals surface area (Å²) >= 11 is 1.39. The zero-order valence-corrected chi connectivity index (χ0v) is 12.1. The van der Waals surface area contributed by atoms with Crippen molar-refractivity contribution in [2.45, 2.75) is 44.1 Å². The van der Waals surface area contributed by atoms with Gasteiger partial charge in [0.2, 0.25) is 0 Å². The van der Waals surface area contributed by atoms with Crippen LogP contribution in [0.25, 0.3) is 0 Å². The molecule has 1 N–H and O–H groups in total. The van der Waals surface area contributed by atoms with Gasteiger partial charge in [-0.15, -0.1) is 5.10 Å². The zero-order valence-electron chi connectivity index (χ0n) is 11.3. The Kier molecular flexibility index (Phi) is 5.01. The van der Waals surface area contributed by atoms with Crippen LogP contribution < -0.4 is 5.69 Å². The van der Waals surface area contributed by atoms with E-state index in [0.717, 1.165) is 0 Å². The Morgan fingerprint density at radius 3 is 2.50 bits per heavy atom. The van der Waals surface area contributed by atoms with Gasteiger partial charge < -0.3 is 4.74 Å². The summed E-state index contributed by atoms with van der Waals surface area (Å²) in [5, 5.41) is 6.98. The second kappa shape index (κ2) is 6.08. The van der Waals surface area contributed by atoms with Gasteiger partial charge in [-0.05, 0) is 13.8 Å². The summed E-state index contributed by atoms with van der Waals surface area (Å²) in [6, 6.07) is 0.0272. The molecule has 0 aliphatic rings. The van der Waals surface area contributed by atoms with Crippen LogP contribution in [0.5, 0.6) is 0 Å². The maximum atomic E-state index is 11.6. The highest BCUT2D eigenvalue weighted by Crippen LogP contribution is 2.27. The van der Waals surface area contributed by atoms with E-state index in [4.69, 9.17) is 4.74 Å². The third kappa shape index (κ3) is 3.16. The first-order valence-corrected chi connectivity index (χ1v) is 6.67. The van der Waals surface area contributed by atoms with Crippen LogP contribution in [-0.2, 0) is 9.53 Å². The number of thioether (sulfide) groups is 1. The molecule has 7 heteroatoms. The summed E-state index contributed by atoms with van der Waals surface area (Å²) < 4.78 is 6.28. The van der Waals surface area contributed by atoms with Crippen molar-refractivity contribution in [3.63, 3.8) is 0 Å². The van der Waals surface area contributed by atoms with E-state index in [9.17, 15) is 9.59 Å². The summed E-state index contributed by atoms with van der Waals surface area (Å²) in [5.74, 6) is -0.517. The van der Waals surface area contributed by atoms with Gasteiger partial charge >= 0.3 is 11.7 Å². The van der Waals surface area contributed by atoms with Crippen LogP contribution in [0.4, 0.5) is 0 Å². The molecule has 0 radical (unpaired) electrons. The first-order chi connectivity index (χ1) is 8.38. The number of carbonyl (C=O) groups excluding carboxylic acids is 1. The molecule has 0 saturated carbocycles. The Morgan fingerprint density at radius 1 is 1.39 bits per heavy atom. The number of hydrogen-bond acceptors (Lipinski definition) is 5. The molecular weight excluding hydrogens is 254 g/mol. The van der Waals surface area contributed by atoms with Crippen molar-refractivity contribution in [2.75, 3.05) is 7.11 Å². The fourth-order valence-corrected chi connectivity index (χ4v) is 2.63. The number of ether oxygens (including phenoxy) is 1. The number of rotatable bonds is 5. The monoisotopic (exact) mass is 273 g/mol. The number of esters is 1. The number of nitrogens with zero attached hydrogens (tertiary/aromatic N) is 2. The number of aromatic nitrogens is 3. The molecule has 0 spiro atoms. The normalized spacial score (nSPS) is 14.6. The first kappa shape index (κ1) is 14.8. The Bertz CT molecular complexity index is 466. The van der Waals surface area contributed by atoms with Gasteiger partial charge in [-0.2, -0.15) is 0 Å². The third-order valence-electron chi connectivity index (χ3n) is 2.76. The number of nitrogens with one attached hydrogen (secondary N) is 1. The second-order valence-corrected chi connectivity index (χ2v) is 5.75. The highest BCUT2D eigenvalue weighted by Gasteiger charge is 2.24. The molecule has 0 fully saturated rings. The molecule has 102 valence electrons. The minimum Gasteiger partial charge on any atom is -0.469 e. The van der Waals surface area contributed by atoms with E-state index in [1.807, 2.05) is 20.8 Å².